The quantitative estimate of drug-likeness (QED) is 0.118. The molecule has 0 aliphatic rings. The van der Waals surface area contributed by atoms with Crippen molar-refractivity contribution in [2.24, 2.45) is 5.92 Å². The summed E-state index contributed by atoms with van der Waals surface area (Å²) in [6, 6.07) is 45.0. The number of hydrogen-bond donors (Lipinski definition) is 0. The molecular weight excluding hydrogens is 1020 g/mol. The maximum atomic E-state index is 6.02. The second-order valence-corrected chi connectivity index (χ2v) is 26.1. The van der Waals surface area contributed by atoms with Gasteiger partial charge < -0.3 is 4.74 Å². The smallest absolute Gasteiger partial charge is 0.123 e. The van der Waals surface area contributed by atoms with E-state index in [1.807, 2.05) is 12.1 Å². The van der Waals surface area contributed by atoms with E-state index in [1.54, 1.807) is 5.56 Å². The van der Waals surface area contributed by atoms with E-state index >= 15 is 0 Å². The fraction of sp³-hybridized carbons (Fsp3) is 0.481. The van der Waals surface area contributed by atoms with Gasteiger partial charge in [-0.25, -0.2) is 0 Å². The van der Waals surface area contributed by atoms with Crippen LogP contribution in [0.15, 0.2) is 127 Å². The molecule has 0 fully saturated rings. The van der Waals surface area contributed by atoms with Gasteiger partial charge in [0, 0.05) is 5.02 Å². The maximum absolute atomic E-state index is 6.02. The zero-order valence-electron chi connectivity index (χ0n) is 58.2. The number of ether oxygens (including phenoxy) is 1. The average Bonchev–Trinajstić information content (AvgIpc) is 3.42. The van der Waals surface area contributed by atoms with Crippen molar-refractivity contribution >= 4 is 11.6 Å². The SMILES string of the molecule is CCc1cccc(CC)c1C(C)C.Cc1cccc(C)c1C(C)C.Cc1cccc(C)c1C(C)C.Cc1cccc(C)c1C(C)C.Cc1cccc(C)c1C(C)C.Cc1cccc(Cl)c1C(C)C.Cc1cccc(OCC(C)C)c1C(C)C. The second-order valence-electron chi connectivity index (χ2n) is 25.7. The summed E-state index contributed by atoms with van der Waals surface area (Å²) in [5.41, 5.74) is 27.2. The molecule has 83 heavy (non-hydrogen) atoms. The van der Waals surface area contributed by atoms with E-state index in [9.17, 15) is 0 Å². The molecule has 7 aromatic rings. The minimum atomic E-state index is 0.517. The van der Waals surface area contributed by atoms with Gasteiger partial charge in [0.1, 0.15) is 5.75 Å². The third-order valence-corrected chi connectivity index (χ3v) is 15.7. The van der Waals surface area contributed by atoms with E-state index in [4.69, 9.17) is 16.3 Å². The van der Waals surface area contributed by atoms with Gasteiger partial charge in [0.2, 0.25) is 0 Å². The fourth-order valence-electron chi connectivity index (χ4n) is 12.1. The summed E-state index contributed by atoms with van der Waals surface area (Å²) in [7, 11) is 0. The standard InChI is InChI=1S/C14H22O.C13H20.4C11H16.C10H13Cl/c1-10(2)9-15-13-8-6-7-12(5)14(13)11(3)4;1-5-11-8-7-9-12(6-2)13(11)10(3)4;4*1-8(2)11-9(3)6-5-7-10(11)4;1-7(2)10-8(3)5-4-6-9(10)11/h6-8,10-11H,9H2,1-5H3;7-10H,5-6H2,1-4H3;4*5-8H,1-4H3;4-7H,1-3H3. The molecule has 0 amide bonds. The van der Waals surface area contributed by atoms with E-state index < -0.39 is 0 Å². The Labute approximate surface area is 517 Å². The Balaban J connectivity index is 0.000000486. The largest absolute Gasteiger partial charge is 0.493 e. The minimum absolute atomic E-state index is 0.517. The third kappa shape index (κ3) is 25.4. The zero-order chi connectivity index (χ0) is 63.4. The van der Waals surface area contributed by atoms with Gasteiger partial charge in [-0.3, -0.25) is 0 Å². The highest BCUT2D eigenvalue weighted by atomic mass is 35.5. The minimum Gasteiger partial charge on any atom is -0.493 e. The Kier molecular flexibility index (Phi) is 35.1. The Morgan fingerprint density at radius 3 is 0.699 bits per heavy atom. The van der Waals surface area contributed by atoms with E-state index in [0.29, 0.717) is 47.3 Å². The summed E-state index contributed by atoms with van der Waals surface area (Å²) in [6.45, 7) is 62.6. The summed E-state index contributed by atoms with van der Waals surface area (Å²) in [5, 5.41) is 0.889. The predicted molar refractivity (Wildman–Crippen MR) is 375 cm³/mol. The molecule has 0 aromatic heterocycles. The van der Waals surface area contributed by atoms with Crippen LogP contribution in [0.4, 0.5) is 0 Å². The molecule has 0 spiro atoms. The Bertz CT molecular complexity index is 2510. The van der Waals surface area contributed by atoms with Crippen LogP contribution in [0.5, 0.6) is 5.75 Å². The van der Waals surface area contributed by atoms with Crippen LogP contribution in [0.1, 0.15) is 272 Å². The molecule has 0 saturated heterocycles. The molecule has 0 aliphatic carbocycles. The lowest BCUT2D eigenvalue weighted by Gasteiger charge is -2.17. The van der Waals surface area contributed by atoms with Crippen LogP contribution in [-0.2, 0) is 12.8 Å². The molecule has 7 rings (SSSR count). The van der Waals surface area contributed by atoms with Gasteiger partial charge in [-0.15, -0.1) is 0 Å². The predicted octanol–water partition coefficient (Wildman–Crippen LogP) is 25.6. The molecule has 0 saturated carbocycles. The average molecular weight is 1140 g/mol. The normalized spacial score (nSPS) is 10.8. The number of hydrogen-bond acceptors (Lipinski definition) is 1. The van der Waals surface area contributed by atoms with Crippen molar-refractivity contribution < 1.29 is 4.74 Å². The number of aryl methyl sites for hydroxylation is 12. The van der Waals surface area contributed by atoms with Crippen molar-refractivity contribution in [1.82, 2.24) is 0 Å². The van der Waals surface area contributed by atoms with Crippen molar-refractivity contribution in [1.29, 1.82) is 0 Å². The van der Waals surface area contributed by atoms with E-state index in [2.05, 4.69) is 309 Å². The molecule has 0 unspecified atom stereocenters. The van der Waals surface area contributed by atoms with Crippen LogP contribution in [0.25, 0.3) is 0 Å². The van der Waals surface area contributed by atoms with Crippen LogP contribution >= 0.6 is 11.6 Å². The van der Waals surface area contributed by atoms with Crippen molar-refractivity contribution in [2.45, 2.75) is 248 Å². The summed E-state index contributed by atoms with van der Waals surface area (Å²) in [4.78, 5) is 0. The summed E-state index contributed by atoms with van der Waals surface area (Å²) < 4.78 is 5.84. The first-order valence-corrected chi connectivity index (χ1v) is 32.1. The third-order valence-electron chi connectivity index (χ3n) is 15.4. The van der Waals surface area contributed by atoms with Crippen LogP contribution in [0.3, 0.4) is 0 Å². The Morgan fingerprint density at radius 2 is 0.494 bits per heavy atom. The first-order valence-electron chi connectivity index (χ1n) is 31.7. The molecule has 0 bridgehead atoms. The molecule has 0 aliphatic heterocycles. The number of rotatable bonds is 12. The van der Waals surface area contributed by atoms with Gasteiger partial charge in [-0.2, -0.15) is 0 Å². The molecule has 1 nitrogen and oxygen atoms in total. The summed E-state index contributed by atoms with van der Waals surface area (Å²) >= 11 is 6.02. The van der Waals surface area contributed by atoms with Gasteiger partial charge >= 0.3 is 0 Å². The molecule has 0 radical (unpaired) electrons. The fourth-order valence-corrected chi connectivity index (χ4v) is 12.6. The van der Waals surface area contributed by atoms with Crippen molar-refractivity contribution in [3.63, 3.8) is 0 Å². The Hall–Kier alpha value is -5.37. The maximum Gasteiger partial charge on any atom is 0.123 e. The van der Waals surface area contributed by atoms with Crippen LogP contribution in [0, 0.1) is 75.2 Å². The molecule has 0 heterocycles. The number of halogens is 1. The van der Waals surface area contributed by atoms with E-state index in [-0.39, 0.29) is 0 Å². The molecular formula is C81H119ClO. The molecule has 2 heteroatoms. The number of benzene rings is 7. The second kappa shape index (κ2) is 38.6. The lowest BCUT2D eigenvalue weighted by atomic mass is 9.90. The van der Waals surface area contributed by atoms with Crippen LogP contribution in [-0.4, -0.2) is 6.61 Å². The van der Waals surface area contributed by atoms with Crippen LogP contribution < -0.4 is 4.74 Å². The van der Waals surface area contributed by atoms with Crippen molar-refractivity contribution in [3.8, 4) is 5.75 Å². The topological polar surface area (TPSA) is 9.23 Å². The molecule has 456 valence electrons. The van der Waals surface area contributed by atoms with Gasteiger partial charge in [-0.05, 0) is 247 Å². The summed E-state index contributed by atoms with van der Waals surface area (Å²) in [5.74, 6) is 5.92. The van der Waals surface area contributed by atoms with E-state index in [0.717, 1.165) is 30.2 Å². The first kappa shape index (κ1) is 75.6. The first-order chi connectivity index (χ1) is 38.9. The van der Waals surface area contributed by atoms with Gasteiger partial charge in [0.05, 0.1) is 6.61 Å². The lowest BCUT2D eigenvalue weighted by molar-refractivity contribution is 0.267. The van der Waals surface area contributed by atoms with Crippen LogP contribution in [0.2, 0.25) is 5.02 Å². The molecule has 7 aromatic carbocycles. The molecule has 0 atom stereocenters. The Morgan fingerprint density at radius 1 is 0.277 bits per heavy atom. The van der Waals surface area contributed by atoms with Gasteiger partial charge in [0.15, 0.2) is 0 Å². The van der Waals surface area contributed by atoms with Gasteiger partial charge in [-0.1, -0.05) is 251 Å². The zero-order valence-corrected chi connectivity index (χ0v) is 58.9. The van der Waals surface area contributed by atoms with Crippen molar-refractivity contribution in [3.05, 3.63) is 238 Å². The van der Waals surface area contributed by atoms with E-state index in [1.165, 1.54) is 100 Å². The highest BCUT2D eigenvalue weighted by molar-refractivity contribution is 6.31. The van der Waals surface area contributed by atoms with Crippen molar-refractivity contribution in [2.75, 3.05) is 6.61 Å². The monoisotopic (exact) mass is 1140 g/mol. The summed E-state index contributed by atoms with van der Waals surface area (Å²) in [6.07, 6.45) is 2.31. The van der Waals surface area contributed by atoms with Gasteiger partial charge in [0.25, 0.3) is 0 Å². The highest BCUT2D eigenvalue weighted by Gasteiger charge is 2.13. The highest BCUT2D eigenvalue weighted by Crippen LogP contribution is 2.31. The molecule has 0 N–H and O–H groups in total. The lowest BCUT2D eigenvalue weighted by Crippen LogP contribution is -2.07.